The van der Waals surface area contributed by atoms with Gasteiger partial charge in [0.1, 0.15) is 0 Å². The number of anilines is 6. The Hall–Kier alpha value is -7.56. The van der Waals surface area contributed by atoms with Crippen LogP contribution in [0.4, 0.5) is 34.1 Å². The van der Waals surface area contributed by atoms with E-state index in [9.17, 15) is 0 Å². The predicted octanol–water partition coefficient (Wildman–Crippen LogP) is 12.2. The van der Waals surface area contributed by atoms with Crippen LogP contribution in [0.5, 0.6) is 0 Å². The van der Waals surface area contributed by atoms with Gasteiger partial charge < -0.3 is 14.4 Å². The molecule has 0 atom stereocenters. The number of benzene rings is 9. The van der Waals surface area contributed by atoms with Gasteiger partial charge in [-0.3, -0.25) is 0 Å². The van der Waals surface area contributed by atoms with Gasteiger partial charge >= 0.3 is 0 Å². The van der Waals surface area contributed by atoms with E-state index in [1.807, 2.05) is 0 Å². The van der Waals surface area contributed by atoms with E-state index in [0.717, 1.165) is 17.1 Å². The van der Waals surface area contributed by atoms with E-state index in [1.54, 1.807) is 0 Å². The van der Waals surface area contributed by atoms with Gasteiger partial charge in [-0.1, -0.05) is 158 Å². The quantitative estimate of drug-likeness (QED) is 0.163. The third-order valence-corrected chi connectivity index (χ3v) is 12.1. The molecule has 0 radical (unpaired) electrons. The maximum Gasteiger partial charge on any atom is 0.252 e. The maximum absolute atomic E-state index is 2.51. The summed E-state index contributed by atoms with van der Waals surface area (Å²) in [6.07, 6.45) is 0. The van der Waals surface area contributed by atoms with Crippen molar-refractivity contribution in [3.63, 3.8) is 0 Å². The summed E-state index contributed by atoms with van der Waals surface area (Å²) < 4.78 is 2.46. The van der Waals surface area contributed by atoms with E-state index in [2.05, 4.69) is 233 Å². The van der Waals surface area contributed by atoms with Crippen LogP contribution in [-0.2, 0) is 0 Å². The Morgan fingerprint density at radius 3 is 1.14 bits per heavy atom. The lowest BCUT2D eigenvalue weighted by atomic mass is 9.33. The standard InChI is InChI=1S/C54H36BN3/c1-5-17-37(18-6-1)39-29-31-50-46(33-39)55-47-34-40(38-19-7-2-8-20-38)30-32-51(47)57(42-23-11-4-12-24-42)53-36-43(35-52(54(53)55)56(50)41-21-9-3-10-22-41)58-48-27-15-13-25-44(48)45-26-14-16-28-49(45)58/h1-36H. The monoisotopic (exact) mass is 737 g/mol. The Kier molecular flexibility index (Phi) is 7.33. The van der Waals surface area contributed by atoms with E-state index >= 15 is 0 Å². The maximum atomic E-state index is 2.51. The van der Waals surface area contributed by atoms with Gasteiger partial charge in [0, 0.05) is 44.9 Å². The summed E-state index contributed by atoms with van der Waals surface area (Å²) in [5, 5.41) is 2.50. The van der Waals surface area contributed by atoms with Crippen LogP contribution in [-0.4, -0.2) is 11.3 Å². The van der Waals surface area contributed by atoms with Crippen molar-refractivity contribution in [2.75, 3.05) is 9.80 Å². The average Bonchev–Trinajstić information content (AvgIpc) is 3.64. The van der Waals surface area contributed by atoms with Crippen LogP contribution in [0.1, 0.15) is 0 Å². The normalized spacial score (nSPS) is 12.7. The van der Waals surface area contributed by atoms with Crippen LogP contribution in [0.3, 0.4) is 0 Å². The van der Waals surface area contributed by atoms with Gasteiger partial charge in [0.25, 0.3) is 6.71 Å². The second-order valence-electron chi connectivity index (χ2n) is 15.3. The van der Waals surface area contributed by atoms with E-state index in [1.165, 1.54) is 83.2 Å². The summed E-state index contributed by atoms with van der Waals surface area (Å²) in [5.41, 5.74) is 19.3. The Morgan fingerprint density at radius 2 is 0.690 bits per heavy atom. The first-order chi connectivity index (χ1) is 28.8. The first-order valence-corrected chi connectivity index (χ1v) is 20.1. The Morgan fingerprint density at radius 1 is 0.293 bits per heavy atom. The number of hydrogen-bond acceptors (Lipinski definition) is 2. The molecule has 10 aromatic rings. The summed E-state index contributed by atoms with van der Waals surface area (Å²) in [6.45, 7) is -0.0329. The highest BCUT2D eigenvalue weighted by Gasteiger charge is 2.44. The van der Waals surface area contributed by atoms with Crippen LogP contribution in [0, 0.1) is 0 Å². The van der Waals surface area contributed by atoms with Crippen LogP contribution in [0.2, 0.25) is 0 Å². The van der Waals surface area contributed by atoms with E-state index < -0.39 is 0 Å². The summed E-state index contributed by atoms with van der Waals surface area (Å²) in [5.74, 6) is 0. The summed E-state index contributed by atoms with van der Waals surface area (Å²) >= 11 is 0. The van der Waals surface area contributed by atoms with Crippen molar-refractivity contribution in [2.45, 2.75) is 0 Å². The Bertz CT molecular complexity index is 2970. The molecule has 58 heavy (non-hydrogen) atoms. The zero-order valence-electron chi connectivity index (χ0n) is 31.7. The molecular weight excluding hydrogens is 701 g/mol. The number of nitrogens with zero attached hydrogens (tertiary/aromatic N) is 3. The minimum absolute atomic E-state index is 0.0329. The third-order valence-electron chi connectivity index (χ3n) is 12.1. The molecule has 4 heteroatoms. The molecule has 1 aromatic heterocycles. The van der Waals surface area contributed by atoms with Crippen LogP contribution < -0.4 is 26.2 Å². The minimum Gasteiger partial charge on any atom is -0.311 e. The van der Waals surface area contributed by atoms with Crippen LogP contribution in [0.25, 0.3) is 49.7 Å². The predicted molar refractivity (Wildman–Crippen MR) is 246 cm³/mol. The molecule has 9 aromatic carbocycles. The lowest BCUT2D eigenvalue weighted by molar-refractivity contribution is 1.16. The lowest BCUT2D eigenvalue weighted by Gasteiger charge is -2.44. The summed E-state index contributed by atoms with van der Waals surface area (Å²) in [4.78, 5) is 5.01. The van der Waals surface area contributed by atoms with E-state index in [-0.39, 0.29) is 6.71 Å². The molecule has 0 saturated heterocycles. The smallest absolute Gasteiger partial charge is 0.252 e. The van der Waals surface area contributed by atoms with E-state index in [0.29, 0.717) is 0 Å². The zero-order valence-corrected chi connectivity index (χ0v) is 31.7. The first kappa shape index (κ1) is 32.7. The molecule has 3 nitrogen and oxygen atoms in total. The molecule has 0 saturated carbocycles. The van der Waals surface area contributed by atoms with E-state index in [4.69, 9.17) is 0 Å². The van der Waals surface area contributed by atoms with Crippen molar-refractivity contribution in [3.8, 4) is 27.9 Å². The molecule has 270 valence electrons. The Balaban J connectivity index is 1.23. The minimum atomic E-state index is -0.0329. The molecule has 0 unspecified atom stereocenters. The lowest BCUT2D eigenvalue weighted by Crippen LogP contribution is -2.61. The largest absolute Gasteiger partial charge is 0.311 e. The van der Waals surface area contributed by atoms with Gasteiger partial charge in [0.05, 0.1) is 16.7 Å². The van der Waals surface area contributed by atoms with Crippen molar-refractivity contribution < 1.29 is 0 Å². The number of hydrogen-bond donors (Lipinski definition) is 0. The molecule has 0 aliphatic carbocycles. The van der Waals surface area contributed by atoms with Gasteiger partial charge in [-0.2, -0.15) is 0 Å². The molecule has 2 aliphatic rings. The molecule has 0 amide bonds. The average molecular weight is 738 g/mol. The van der Waals surface area contributed by atoms with Crippen molar-refractivity contribution in [2.24, 2.45) is 0 Å². The molecule has 2 aliphatic heterocycles. The number of para-hydroxylation sites is 4. The van der Waals surface area contributed by atoms with Gasteiger partial charge in [-0.15, -0.1) is 0 Å². The van der Waals surface area contributed by atoms with Gasteiger partial charge in [0.2, 0.25) is 0 Å². The van der Waals surface area contributed by atoms with Gasteiger partial charge in [0.15, 0.2) is 0 Å². The second kappa shape index (κ2) is 13.0. The highest BCUT2D eigenvalue weighted by molar-refractivity contribution is 7.00. The fourth-order valence-corrected chi connectivity index (χ4v) is 9.65. The Labute approximate surface area is 338 Å². The van der Waals surface area contributed by atoms with Crippen molar-refractivity contribution in [3.05, 3.63) is 218 Å². The topological polar surface area (TPSA) is 11.4 Å². The van der Waals surface area contributed by atoms with Gasteiger partial charge in [-0.25, -0.2) is 0 Å². The molecule has 0 spiro atoms. The number of rotatable bonds is 5. The highest BCUT2D eigenvalue weighted by Crippen LogP contribution is 2.47. The SMILES string of the molecule is c1ccc(-c2ccc3c(c2)B2c4cc(-c5ccccc5)ccc4N(c4ccccc4)c4cc(-n5c6ccccc6c6ccccc65)cc(c42)N3c2ccccc2)cc1. The number of aromatic nitrogens is 1. The fraction of sp³-hybridized carbons (Fsp3) is 0. The van der Waals surface area contributed by atoms with Crippen molar-refractivity contribution >= 4 is 79.0 Å². The molecule has 0 bridgehead atoms. The fourth-order valence-electron chi connectivity index (χ4n) is 9.65. The highest BCUT2D eigenvalue weighted by atomic mass is 15.2. The second-order valence-corrected chi connectivity index (χ2v) is 15.3. The van der Waals surface area contributed by atoms with Crippen LogP contribution >= 0.6 is 0 Å². The number of fused-ring (bicyclic) bond motifs is 7. The molecule has 0 fully saturated rings. The molecule has 0 N–H and O–H groups in total. The van der Waals surface area contributed by atoms with Crippen LogP contribution in [0.15, 0.2) is 218 Å². The zero-order chi connectivity index (χ0) is 38.2. The summed E-state index contributed by atoms with van der Waals surface area (Å²) in [6, 6.07) is 80.1. The van der Waals surface area contributed by atoms with Gasteiger partial charge in [-0.05, 0) is 99.3 Å². The third kappa shape index (κ3) is 4.95. The first-order valence-electron chi connectivity index (χ1n) is 20.1. The summed E-state index contributed by atoms with van der Waals surface area (Å²) in [7, 11) is 0. The molecule has 3 heterocycles. The van der Waals surface area contributed by atoms with Crippen molar-refractivity contribution in [1.29, 1.82) is 0 Å². The van der Waals surface area contributed by atoms with Crippen molar-refractivity contribution in [1.82, 2.24) is 4.57 Å². The molecule has 12 rings (SSSR count). The molecular formula is C54H36BN3.